The van der Waals surface area contributed by atoms with E-state index in [1.807, 2.05) is 0 Å². The van der Waals surface area contributed by atoms with Gasteiger partial charge in [0.05, 0.1) is 0 Å². The highest BCUT2D eigenvalue weighted by atomic mass is 32.2. The van der Waals surface area contributed by atoms with Gasteiger partial charge in [-0.1, -0.05) is 37.9 Å². The summed E-state index contributed by atoms with van der Waals surface area (Å²) in [6.07, 6.45) is 5.17. The third kappa shape index (κ3) is 3.71. The molecule has 0 aliphatic heterocycles. The lowest BCUT2D eigenvalue weighted by Gasteiger charge is -1.95. The van der Waals surface area contributed by atoms with E-state index in [1.165, 1.54) is 25.7 Å². The van der Waals surface area contributed by atoms with Gasteiger partial charge in [0.2, 0.25) is 5.16 Å². The zero-order chi connectivity index (χ0) is 8.65. The average molecular weight is 186 g/mol. The molecule has 12 heavy (non-hydrogen) atoms. The van der Waals surface area contributed by atoms with Crippen molar-refractivity contribution >= 4 is 11.8 Å². The van der Waals surface area contributed by atoms with Crippen LogP contribution in [0.4, 0.5) is 0 Å². The van der Waals surface area contributed by atoms with Crippen LogP contribution < -0.4 is 0 Å². The number of nitrogens with zero attached hydrogens (tertiary/aromatic N) is 3. The minimum Gasteiger partial charge on any atom is -0.234 e. The normalized spacial score (nSPS) is 10.4. The molecule has 0 aliphatic carbocycles. The zero-order valence-corrected chi connectivity index (χ0v) is 8.10. The smallest absolute Gasteiger partial charge is 0.206 e. The Morgan fingerprint density at radius 3 is 2.92 bits per heavy atom. The molecule has 1 aromatic rings. The zero-order valence-electron chi connectivity index (χ0n) is 7.29. The predicted octanol–water partition coefficient (Wildman–Crippen LogP) is 1.87. The first kappa shape index (κ1) is 9.51. The third-order valence-electron chi connectivity index (χ3n) is 1.56. The van der Waals surface area contributed by atoms with Crippen LogP contribution in [0, 0.1) is 0 Å². The lowest BCUT2D eigenvalue weighted by Crippen LogP contribution is -1.82. The van der Waals surface area contributed by atoms with E-state index < -0.39 is 0 Å². The van der Waals surface area contributed by atoms with Gasteiger partial charge in [0.25, 0.3) is 0 Å². The van der Waals surface area contributed by atoms with E-state index in [9.17, 15) is 0 Å². The van der Waals surface area contributed by atoms with Gasteiger partial charge < -0.3 is 0 Å². The topological polar surface area (TPSA) is 54.5 Å². The summed E-state index contributed by atoms with van der Waals surface area (Å²) in [5, 5.41) is 14.3. The van der Waals surface area contributed by atoms with Crippen molar-refractivity contribution in [3.05, 3.63) is 0 Å². The SMILES string of the molecule is CCCCCCSc1nnn[nH]1. The standard InChI is InChI=1S/C7H14N4S/c1-2-3-4-5-6-12-7-8-10-11-9-7/h2-6H2,1H3,(H,8,9,10,11). The summed E-state index contributed by atoms with van der Waals surface area (Å²) < 4.78 is 0. The molecule has 0 bridgehead atoms. The predicted molar refractivity (Wildman–Crippen MR) is 49.0 cm³/mol. The summed E-state index contributed by atoms with van der Waals surface area (Å²) in [5.74, 6) is 1.11. The molecule has 1 aromatic heterocycles. The molecule has 0 saturated carbocycles. The minimum atomic E-state index is 0.825. The van der Waals surface area contributed by atoms with Gasteiger partial charge in [-0.3, -0.25) is 0 Å². The van der Waals surface area contributed by atoms with Gasteiger partial charge in [-0.05, 0) is 16.8 Å². The lowest BCUT2D eigenvalue weighted by atomic mass is 10.2. The second kappa shape index (κ2) is 5.99. The maximum Gasteiger partial charge on any atom is 0.206 e. The monoisotopic (exact) mass is 186 g/mol. The molecule has 0 saturated heterocycles. The maximum atomic E-state index is 3.78. The van der Waals surface area contributed by atoms with Gasteiger partial charge in [0, 0.05) is 5.75 Å². The molecule has 0 spiro atoms. The highest BCUT2D eigenvalue weighted by Gasteiger charge is 1.96. The van der Waals surface area contributed by atoms with E-state index in [2.05, 4.69) is 27.5 Å². The van der Waals surface area contributed by atoms with E-state index in [4.69, 9.17) is 0 Å². The van der Waals surface area contributed by atoms with Gasteiger partial charge in [-0.25, -0.2) is 5.10 Å². The van der Waals surface area contributed by atoms with Gasteiger partial charge in [0.15, 0.2) is 0 Å². The van der Waals surface area contributed by atoms with Crippen LogP contribution in [0.3, 0.4) is 0 Å². The van der Waals surface area contributed by atoms with E-state index >= 15 is 0 Å². The first-order valence-electron chi connectivity index (χ1n) is 4.30. The number of nitrogens with one attached hydrogen (secondary N) is 1. The Labute approximate surface area is 76.5 Å². The fourth-order valence-electron chi connectivity index (χ4n) is 0.909. The molecule has 0 unspecified atom stereocenters. The first-order chi connectivity index (χ1) is 5.93. The molecule has 5 heteroatoms. The molecule has 0 aliphatic rings. The summed E-state index contributed by atoms with van der Waals surface area (Å²) >= 11 is 1.69. The highest BCUT2D eigenvalue weighted by Crippen LogP contribution is 2.13. The Morgan fingerprint density at radius 1 is 1.33 bits per heavy atom. The van der Waals surface area contributed by atoms with Crippen molar-refractivity contribution in [2.24, 2.45) is 0 Å². The van der Waals surface area contributed by atoms with E-state index in [-0.39, 0.29) is 0 Å². The second-order valence-electron chi connectivity index (χ2n) is 2.62. The number of tetrazole rings is 1. The van der Waals surface area contributed by atoms with Gasteiger partial charge in [0.1, 0.15) is 0 Å². The molecule has 0 aromatic carbocycles. The van der Waals surface area contributed by atoms with E-state index in [0.717, 1.165) is 10.9 Å². The van der Waals surface area contributed by atoms with Crippen LogP contribution in [0.25, 0.3) is 0 Å². The summed E-state index contributed by atoms with van der Waals surface area (Å²) in [6, 6.07) is 0. The average Bonchev–Trinajstić information content (AvgIpc) is 2.57. The molecule has 0 fully saturated rings. The molecule has 0 radical (unpaired) electrons. The highest BCUT2D eigenvalue weighted by molar-refractivity contribution is 7.99. The van der Waals surface area contributed by atoms with Crippen molar-refractivity contribution in [1.29, 1.82) is 0 Å². The minimum absolute atomic E-state index is 0.825. The van der Waals surface area contributed by atoms with Crippen LogP contribution in [0.15, 0.2) is 5.16 Å². The van der Waals surface area contributed by atoms with Crippen LogP contribution in [0.5, 0.6) is 0 Å². The van der Waals surface area contributed by atoms with Crippen molar-refractivity contribution in [1.82, 2.24) is 20.6 Å². The Balaban J connectivity index is 1.96. The van der Waals surface area contributed by atoms with Gasteiger partial charge >= 0.3 is 0 Å². The molecule has 68 valence electrons. The summed E-state index contributed by atoms with van der Waals surface area (Å²) in [4.78, 5) is 0. The first-order valence-corrected chi connectivity index (χ1v) is 5.28. The molecule has 1 heterocycles. The number of unbranched alkanes of at least 4 members (excludes halogenated alkanes) is 3. The molecule has 0 amide bonds. The van der Waals surface area contributed by atoms with Crippen molar-refractivity contribution in [3.8, 4) is 0 Å². The van der Waals surface area contributed by atoms with Gasteiger partial charge in [-0.15, -0.1) is 5.10 Å². The van der Waals surface area contributed by atoms with Crippen LogP contribution in [0.2, 0.25) is 0 Å². The lowest BCUT2D eigenvalue weighted by molar-refractivity contribution is 0.706. The van der Waals surface area contributed by atoms with Crippen molar-refractivity contribution in [2.45, 2.75) is 37.8 Å². The number of rotatable bonds is 6. The Morgan fingerprint density at radius 2 is 2.25 bits per heavy atom. The number of hydrogen-bond acceptors (Lipinski definition) is 4. The molecule has 1 rings (SSSR count). The number of hydrogen-bond donors (Lipinski definition) is 1. The van der Waals surface area contributed by atoms with Gasteiger partial charge in [-0.2, -0.15) is 0 Å². The molecular weight excluding hydrogens is 172 g/mol. The summed E-state index contributed by atoms with van der Waals surface area (Å²) in [6.45, 7) is 2.22. The Bertz CT molecular complexity index is 187. The Kier molecular flexibility index (Phi) is 4.75. The van der Waals surface area contributed by atoms with Crippen molar-refractivity contribution in [3.63, 3.8) is 0 Å². The maximum absolute atomic E-state index is 3.78. The molecule has 4 nitrogen and oxygen atoms in total. The Hall–Kier alpha value is -0.580. The fraction of sp³-hybridized carbons (Fsp3) is 0.857. The van der Waals surface area contributed by atoms with Crippen molar-refractivity contribution < 1.29 is 0 Å². The number of aromatic amines is 1. The fourth-order valence-corrected chi connectivity index (χ4v) is 1.65. The number of aromatic nitrogens is 4. The van der Waals surface area contributed by atoms with Crippen molar-refractivity contribution in [2.75, 3.05) is 5.75 Å². The third-order valence-corrected chi connectivity index (χ3v) is 2.50. The largest absolute Gasteiger partial charge is 0.234 e. The quantitative estimate of drug-likeness (QED) is 0.544. The number of H-pyrrole nitrogens is 1. The van der Waals surface area contributed by atoms with E-state index in [1.54, 1.807) is 11.8 Å². The summed E-state index contributed by atoms with van der Waals surface area (Å²) in [5.41, 5.74) is 0. The van der Waals surface area contributed by atoms with Crippen LogP contribution in [-0.4, -0.2) is 26.4 Å². The molecular formula is C7H14N4S. The van der Waals surface area contributed by atoms with Crippen LogP contribution >= 0.6 is 11.8 Å². The summed E-state index contributed by atoms with van der Waals surface area (Å²) in [7, 11) is 0. The molecule has 1 N–H and O–H groups in total. The number of thioether (sulfide) groups is 1. The van der Waals surface area contributed by atoms with E-state index in [0.29, 0.717) is 0 Å². The molecule has 0 atom stereocenters. The van der Waals surface area contributed by atoms with Crippen LogP contribution in [-0.2, 0) is 0 Å². The second-order valence-corrected chi connectivity index (χ2v) is 3.70. The van der Waals surface area contributed by atoms with Crippen LogP contribution in [0.1, 0.15) is 32.6 Å².